The van der Waals surface area contributed by atoms with E-state index in [0.29, 0.717) is 59.8 Å². The van der Waals surface area contributed by atoms with Crippen LogP contribution in [0.25, 0.3) is 22.2 Å². The Morgan fingerprint density at radius 2 is 1.74 bits per heavy atom. The molecule has 0 aliphatic carbocycles. The third kappa shape index (κ3) is 10.2. The topological polar surface area (TPSA) is 129 Å². The van der Waals surface area contributed by atoms with Gasteiger partial charge in [-0.15, -0.1) is 0 Å². The molecule has 57 heavy (non-hydrogen) atoms. The van der Waals surface area contributed by atoms with E-state index in [-0.39, 0.29) is 12.7 Å². The van der Waals surface area contributed by atoms with Gasteiger partial charge in [0.05, 0.1) is 34.3 Å². The summed E-state index contributed by atoms with van der Waals surface area (Å²) in [4.78, 5) is 14.5. The zero-order chi connectivity index (χ0) is 39.7. The van der Waals surface area contributed by atoms with E-state index >= 15 is 0 Å². The first kappa shape index (κ1) is 40.1. The molecule has 3 N–H and O–H groups in total. The minimum absolute atomic E-state index is 0.206. The second kappa shape index (κ2) is 18.9. The van der Waals surface area contributed by atoms with Gasteiger partial charge in [0.2, 0.25) is 0 Å². The fourth-order valence-corrected chi connectivity index (χ4v) is 7.57. The molecule has 294 valence electrons. The van der Waals surface area contributed by atoms with Gasteiger partial charge in [0, 0.05) is 73.8 Å². The monoisotopic (exact) mass is 804 g/mol. The Morgan fingerprint density at radius 1 is 0.912 bits per heavy atom. The minimum Gasteiger partial charge on any atom is -0.493 e. The first-order chi connectivity index (χ1) is 27.7. The standard InChI is InChI=1S/C45H46Cl2N6O4/c1-29-33(6-3-7-37(29)38-8-4-9-42(30(38)2)55-17-5-15-53-16-13-36(54)26-53)28-57-44-21-43(56-27-32-18-31(22-48)23-50-24-32)34(19-39(44)47)25-49-14-12-45-51-40-11-10-35(46)20-41(40)52-45/h3-4,6-11,18-21,23-24,36,49,54H,5,12-17,25-28H2,1-2H3,(H,51,52). The Balaban J connectivity index is 1.03. The number of aliphatic hydroxyl groups excluding tert-OH is 1. The van der Waals surface area contributed by atoms with Crippen molar-refractivity contribution in [1.29, 1.82) is 5.26 Å². The van der Waals surface area contributed by atoms with Crippen LogP contribution in [0.15, 0.2) is 85.2 Å². The van der Waals surface area contributed by atoms with E-state index in [0.717, 1.165) is 94.0 Å². The molecule has 0 radical (unpaired) electrons. The Hall–Kier alpha value is -5.15. The van der Waals surface area contributed by atoms with Crippen LogP contribution in [0.4, 0.5) is 0 Å². The highest BCUT2D eigenvalue weighted by molar-refractivity contribution is 6.32. The summed E-state index contributed by atoms with van der Waals surface area (Å²) in [6.45, 7) is 9.10. The SMILES string of the molecule is Cc1c(COc2cc(OCc3cncc(C#N)c3)c(CNCCc3nc4cc(Cl)ccc4[nH]3)cc2Cl)cccc1-c1cccc(OCCCN2CCC(O)C2)c1C. The van der Waals surface area contributed by atoms with Gasteiger partial charge >= 0.3 is 0 Å². The number of nitrogens with zero attached hydrogens (tertiary/aromatic N) is 4. The first-order valence-corrected chi connectivity index (χ1v) is 20.0. The normalized spacial score (nSPS) is 14.2. The molecule has 1 saturated heterocycles. The number of rotatable bonds is 17. The summed E-state index contributed by atoms with van der Waals surface area (Å²) in [5, 5.41) is 23.8. The van der Waals surface area contributed by atoms with Gasteiger partial charge in [-0.1, -0.05) is 53.5 Å². The summed E-state index contributed by atoms with van der Waals surface area (Å²) >= 11 is 13.0. The molecule has 7 rings (SSSR count). The highest BCUT2D eigenvalue weighted by atomic mass is 35.5. The lowest BCUT2D eigenvalue weighted by Crippen LogP contribution is -2.24. The first-order valence-electron chi connectivity index (χ1n) is 19.2. The quantitative estimate of drug-likeness (QED) is 0.0776. The molecular formula is C45H46Cl2N6O4. The lowest BCUT2D eigenvalue weighted by molar-refractivity contribution is 0.173. The highest BCUT2D eigenvalue weighted by Crippen LogP contribution is 2.36. The van der Waals surface area contributed by atoms with Crippen molar-refractivity contribution < 1.29 is 19.3 Å². The predicted molar refractivity (Wildman–Crippen MR) is 224 cm³/mol. The number of H-pyrrole nitrogens is 1. The van der Waals surface area contributed by atoms with Crippen LogP contribution in [0.3, 0.4) is 0 Å². The second-order valence-corrected chi connectivity index (χ2v) is 15.2. The van der Waals surface area contributed by atoms with Crippen molar-refractivity contribution >= 4 is 34.2 Å². The summed E-state index contributed by atoms with van der Waals surface area (Å²) in [6.07, 6.45) is 5.44. The van der Waals surface area contributed by atoms with Crippen LogP contribution in [0.5, 0.6) is 17.2 Å². The van der Waals surface area contributed by atoms with E-state index in [1.807, 2.05) is 48.5 Å². The number of nitrogens with one attached hydrogen (secondary N) is 2. The molecule has 3 heterocycles. The molecule has 1 atom stereocenters. The van der Waals surface area contributed by atoms with Gasteiger partial charge in [0.25, 0.3) is 0 Å². The third-order valence-electron chi connectivity index (χ3n) is 10.3. The smallest absolute Gasteiger partial charge is 0.142 e. The number of aromatic amines is 1. The lowest BCUT2D eigenvalue weighted by atomic mass is 9.93. The number of ether oxygens (including phenoxy) is 3. The number of hydrogen-bond donors (Lipinski definition) is 3. The molecular weight excluding hydrogens is 759 g/mol. The van der Waals surface area contributed by atoms with Gasteiger partial charge in [0.1, 0.15) is 42.4 Å². The number of hydrogen-bond acceptors (Lipinski definition) is 9. The second-order valence-electron chi connectivity index (χ2n) is 14.4. The molecule has 4 aromatic carbocycles. The van der Waals surface area contributed by atoms with Gasteiger partial charge in [-0.3, -0.25) is 4.98 Å². The van der Waals surface area contributed by atoms with Crippen LogP contribution in [0.1, 0.15) is 52.0 Å². The predicted octanol–water partition coefficient (Wildman–Crippen LogP) is 8.75. The number of pyridine rings is 1. The van der Waals surface area contributed by atoms with Crippen molar-refractivity contribution in [2.45, 2.75) is 59.0 Å². The van der Waals surface area contributed by atoms with E-state index in [1.165, 1.54) is 6.20 Å². The van der Waals surface area contributed by atoms with Crippen molar-refractivity contribution in [2.75, 3.05) is 32.8 Å². The molecule has 2 aromatic heterocycles. The number of imidazole rings is 1. The molecule has 6 aromatic rings. The van der Waals surface area contributed by atoms with Crippen LogP contribution in [-0.4, -0.2) is 63.8 Å². The zero-order valence-corrected chi connectivity index (χ0v) is 33.7. The van der Waals surface area contributed by atoms with Gasteiger partial charge in [-0.05, 0) is 90.9 Å². The molecule has 0 spiro atoms. The fraction of sp³-hybridized carbons (Fsp3) is 0.311. The van der Waals surface area contributed by atoms with E-state index in [9.17, 15) is 10.4 Å². The number of β-amino-alcohol motifs (C(OH)–C–C–N with tert-alkyl or cyclic N) is 1. The van der Waals surface area contributed by atoms with E-state index in [1.54, 1.807) is 12.3 Å². The molecule has 1 fully saturated rings. The number of nitriles is 1. The van der Waals surface area contributed by atoms with E-state index < -0.39 is 0 Å². The maximum atomic E-state index is 9.82. The Labute approximate surface area is 343 Å². The van der Waals surface area contributed by atoms with Crippen LogP contribution in [0, 0.1) is 25.2 Å². The molecule has 1 unspecified atom stereocenters. The molecule has 0 amide bonds. The summed E-state index contributed by atoms with van der Waals surface area (Å²) in [6, 6.07) is 25.7. The fourth-order valence-electron chi connectivity index (χ4n) is 7.16. The van der Waals surface area contributed by atoms with Crippen LogP contribution < -0.4 is 19.5 Å². The van der Waals surface area contributed by atoms with Crippen LogP contribution >= 0.6 is 23.2 Å². The van der Waals surface area contributed by atoms with Crippen molar-refractivity contribution in [3.8, 4) is 34.4 Å². The number of benzene rings is 4. The van der Waals surface area contributed by atoms with Crippen molar-refractivity contribution in [3.05, 3.63) is 134 Å². The molecule has 12 heteroatoms. The van der Waals surface area contributed by atoms with Crippen molar-refractivity contribution in [3.63, 3.8) is 0 Å². The molecule has 1 aliphatic heterocycles. The number of likely N-dealkylation sites (tertiary alicyclic amines) is 1. The Bertz CT molecular complexity index is 2380. The Morgan fingerprint density at radius 3 is 2.56 bits per heavy atom. The summed E-state index contributed by atoms with van der Waals surface area (Å²) in [5.74, 6) is 2.85. The lowest BCUT2D eigenvalue weighted by Gasteiger charge is -2.19. The summed E-state index contributed by atoms with van der Waals surface area (Å²) in [7, 11) is 0. The maximum Gasteiger partial charge on any atom is 0.142 e. The minimum atomic E-state index is -0.206. The maximum absolute atomic E-state index is 9.82. The number of aromatic nitrogens is 3. The van der Waals surface area contributed by atoms with Crippen molar-refractivity contribution in [1.82, 2.24) is 25.2 Å². The van der Waals surface area contributed by atoms with Crippen LogP contribution in [0.2, 0.25) is 10.0 Å². The molecule has 0 bridgehead atoms. The van der Waals surface area contributed by atoms with Crippen molar-refractivity contribution in [2.24, 2.45) is 0 Å². The summed E-state index contributed by atoms with van der Waals surface area (Å²) in [5.41, 5.74) is 9.33. The number of fused-ring (bicyclic) bond motifs is 1. The van der Waals surface area contributed by atoms with E-state index in [4.69, 9.17) is 37.4 Å². The van der Waals surface area contributed by atoms with Crippen LogP contribution in [-0.2, 0) is 26.2 Å². The largest absolute Gasteiger partial charge is 0.493 e. The number of halogens is 2. The van der Waals surface area contributed by atoms with Gasteiger partial charge in [0.15, 0.2) is 0 Å². The zero-order valence-electron chi connectivity index (χ0n) is 32.2. The average Bonchev–Trinajstić information content (AvgIpc) is 3.83. The number of aliphatic hydroxyl groups is 1. The van der Waals surface area contributed by atoms with Gasteiger partial charge in [-0.25, -0.2) is 4.98 Å². The van der Waals surface area contributed by atoms with Gasteiger partial charge in [-0.2, -0.15) is 5.26 Å². The van der Waals surface area contributed by atoms with Gasteiger partial charge < -0.3 is 34.5 Å². The molecule has 1 aliphatic rings. The highest BCUT2D eigenvalue weighted by Gasteiger charge is 2.20. The Kier molecular flexibility index (Phi) is 13.3. The van der Waals surface area contributed by atoms with E-state index in [2.05, 4.69) is 63.3 Å². The molecule has 0 saturated carbocycles. The third-order valence-corrected chi connectivity index (χ3v) is 10.8. The summed E-state index contributed by atoms with van der Waals surface area (Å²) < 4.78 is 19.0. The molecule has 10 nitrogen and oxygen atoms in total. The average molecular weight is 806 g/mol.